The van der Waals surface area contributed by atoms with Crippen molar-refractivity contribution < 1.29 is 4.74 Å². The van der Waals surface area contributed by atoms with Gasteiger partial charge in [-0.2, -0.15) is 0 Å². The lowest BCUT2D eigenvalue weighted by atomic mass is 10.0. The van der Waals surface area contributed by atoms with Crippen molar-refractivity contribution >= 4 is 28.6 Å². The summed E-state index contributed by atoms with van der Waals surface area (Å²) in [7, 11) is 3.40. The Morgan fingerprint density at radius 2 is 2.25 bits per heavy atom. The highest BCUT2D eigenvalue weighted by Crippen LogP contribution is 2.20. The van der Waals surface area contributed by atoms with Gasteiger partial charge in [-0.05, 0) is 29.8 Å². The van der Waals surface area contributed by atoms with Gasteiger partial charge in [-0.1, -0.05) is 6.92 Å². The molecule has 1 aliphatic rings. The van der Waals surface area contributed by atoms with E-state index in [1.165, 1.54) is 6.20 Å². The number of pyridine rings is 2. The number of aliphatic imine (C=N–C) groups is 1. The zero-order chi connectivity index (χ0) is 19.9. The lowest BCUT2D eigenvalue weighted by Crippen LogP contribution is -2.34. The normalized spacial score (nSPS) is 15.6. The zero-order valence-corrected chi connectivity index (χ0v) is 16.2. The number of nitrogens with one attached hydrogen (secondary N) is 3. The summed E-state index contributed by atoms with van der Waals surface area (Å²) in [6, 6.07) is 5.76. The molecule has 0 aromatic carbocycles. The van der Waals surface area contributed by atoms with Crippen LogP contribution in [0, 0.1) is 5.92 Å². The first-order chi connectivity index (χ1) is 13.6. The third-order valence-electron chi connectivity index (χ3n) is 4.32. The van der Waals surface area contributed by atoms with Crippen LogP contribution in [0.4, 0.5) is 5.82 Å². The van der Waals surface area contributed by atoms with Crippen LogP contribution in [0.1, 0.15) is 12.5 Å². The summed E-state index contributed by atoms with van der Waals surface area (Å²) in [6.45, 7) is 2.76. The number of nitrogens with zero attached hydrogens (tertiary/aromatic N) is 3. The predicted molar refractivity (Wildman–Crippen MR) is 113 cm³/mol. The maximum Gasteiger partial charge on any atom is 0.132 e. The van der Waals surface area contributed by atoms with Gasteiger partial charge in [0, 0.05) is 56.0 Å². The average molecular weight is 379 g/mol. The van der Waals surface area contributed by atoms with E-state index in [-0.39, 0.29) is 5.92 Å². The van der Waals surface area contributed by atoms with Gasteiger partial charge < -0.3 is 21.2 Å². The van der Waals surface area contributed by atoms with E-state index in [2.05, 4.69) is 38.1 Å². The average Bonchev–Trinajstić information content (AvgIpc) is 2.72. The molecule has 5 N–H and O–H groups in total. The number of anilines is 1. The zero-order valence-electron chi connectivity index (χ0n) is 16.2. The van der Waals surface area contributed by atoms with Gasteiger partial charge in [-0.25, -0.2) is 4.98 Å². The summed E-state index contributed by atoms with van der Waals surface area (Å²) in [5.74, 6) is 1.78. The molecule has 1 unspecified atom stereocenters. The minimum absolute atomic E-state index is 0.273. The second kappa shape index (κ2) is 9.01. The summed E-state index contributed by atoms with van der Waals surface area (Å²) in [6.07, 6.45) is 8.93. The third-order valence-corrected chi connectivity index (χ3v) is 4.32. The molecule has 2 aromatic rings. The molecule has 2 aromatic heterocycles. The Hall–Kier alpha value is -3.39. The fourth-order valence-electron chi connectivity index (χ4n) is 2.86. The van der Waals surface area contributed by atoms with Crippen molar-refractivity contribution in [3.63, 3.8) is 0 Å². The van der Waals surface area contributed by atoms with Crippen molar-refractivity contribution in [2.75, 3.05) is 26.1 Å². The highest BCUT2D eigenvalue weighted by molar-refractivity contribution is 6.10. The fourth-order valence-corrected chi connectivity index (χ4v) is 2.86. The van der Waals surface area contributed by atoms with Crippen LogP contribution in [0.2, 0.25) is 0 Å². The second-order valence-corrected chi connectivity index (χ2v) is 6.42. The quantitative estimate of drug-likeness (QED) is 0.546. The van der Waals surface area contributed by atoms with Gasteiger partial charge in [0.2, 0.25) is 0 Å². The number of methoxy groups -OCH3 is 1. The molecule has 0 spiro atoms. The number of hydrogen-bond acceptors (Lipinski definition) is 8. The Labute approximate surface area is 164 Å². The summed E-state index contributed by atoms with van der Waals surface area (Å²) < 4.78 is 5.23. The van der Waals surface area contributed by atoms with Crippen molar-refractivity contribution in [2.24, 2.45) is 16.6 Å². The number of nitrogens with two attached hydrogens (primary N) is 1. The summed E-state index contributed by atoms with van der Waals surface area (Å²) in [5, 5.41) is 3.29. The molecule has 1 aliphatic heterocycles. The number of aromatic nitrogens is 2. The monoisotopic (exact) mass is 379 g/mol. The molecule has 28 heavy (non-hydrogen) atoms. The standard InChI is InChI=1S/C20H25N7O/c1-13(12-28-3)14-7-20(27-24-11-14)26-19-5-4-17-18(25-19)6-15(10-23-17)16(8-21)9-22-2/h4-11,13,24,27H,12,21H2,1-3H3,(H,25,26). The van der Waals surface area contributed by atoms with Crippen LogP contribution in [0.15, 0.2) is 59.3 Å². The van der Waals surface area contributed by atoms with E-state index in [0.717, 1.165) is 33.6 Å². The highest BCUT2D eigenvalue weighted by atomic mass is 16.5. The molecule has 1 atom stereocenters. The van der Waals surface area contributed by atoms with Crippen molar-refractivity contribution in [3.05, 3.63) is 59.8 Å². The minimum atomic E-state index is 0.273. The van der Waals surface area contributed by atoms with E-state index >= 15 is 0 Å². The van der Waals surface area contributed by atoms with Crippen LogP contribution >= 0.6 is 0 Å². The smallest absolute Gasteiger partial charge is 0.132 e. The Bertz CT molecular complexity index is 962. The molecule has 8 heteroatoms. The van der Waals surface area contributed by atoms with Crippen molar-refractivity contribution in [1.29, 1.82) is 0 Å². The van der Waals surface area contributed by atoms with E-state index in [0.29, 0.717) is 12.4 Å². The molecular weight excluding hydrogens is 354 g/mol. The molecule has 0 amide bonds. The largest absolute Gasteiger partial charge is 0.404 e. The molecule has 0 aliphatic carbocycles. The number of rotatable bonds is 7. The topological polar surface area (TPSA) is 109 Å². The first-order valence-corrected chi connectivity index (χ1v) is 8.95. The van der Waals surface area contributed by atoms with E-state index in [9.17, 15) is 0 Å². The van der Waals surface area contributed by atoms with Gasteiger partial charge in [-0.3, -0.25) is 15.4 Å². The number of fused-ring (bicyclic) bond motifs is 1. The van der Waals surface area contributed by atoms with Gasteiger partial charge >= 0.3 is 0 Å². The Balaban J connectivity index is 1.85. The SMILES string of the molecule is CN=CC(=CN)c1cnc2ccc(NC3=CC(C(C)COC)=CNN3)nc2c1. The molecule has 0 radical (unpaired) electrons. The Morgan fingerprint density at radius 1 is 1.39 bits per heavy atom. The summed E-state index contributed by atoms with van der Waals surface area (Å²) in [4.78, 5) is 13.2. The third kappa shape index (κ3) is 4.47. The first-order valence-electron chi connectivity index (χ1n) is 8.95. The van der Waals surface area contributed by atoms with E-state index < -0.39 is 0 Å². The first kappa shape index (κ1) is 19.4. The van der Waals surface area contributed by atoms with Gasteiger partial charge in [0.15, 0.2) is 0 Å². The van der Waals surface area contributed by atoms with Crippen LogP contribution < -0.4 is 21.9 Å². The van der Waals surface area contributed by atoms with Crippen LogP contribution in [0.3, 0.4) is 0 Å². The maximum absolute atomic E-state index is 5.70. The van der Waals surface area contributed by atoms with Crippen molar-refractivity contribution in [2.45, 2.75) is 6.92 Å². The van der Waals surface area contributed by atoms with E-state index in [4.69, 9.17) is 10.5 Å². The molecule has 0 fully saturated rings. The van der Waals surface area contributed by atoms with Gasteiger partial charge in [0.25, 0.3) is 0 Å². The maximum atomic E-state index is 5.70. The van der Waals surface area contributed by atoms with Crippen LogP contribution in [0.25, 0.3) is 16.6 Å². The Morgan fingerprint density at radius 3 is 3.00 bits per heavy atom. The molecule has 8 nitrogen and oxygen atoms in total. The van der Waals surface area contributed by atoms with Gasteiger partial charge in [-0.15, -0.1) is 0 Å². The molecule has 3 heterocycles. The van der Waals surface area contributed by atoms with Crippen molar-refractivity contribution in [1.82, 2.24) is 20.8 Å². The lowest BCUT2D eigenvalue weighted by Gasteiger charge is -2.21. The van der Waals surface area contributed by atoms with E-state index in [1.54, 1.807) is 26.6 Å². The van der Waals surface area contributed by atoms with E-state index in [1.807, 2.05) is 30.5 Å². The number of ether oxygens (including phenoxy) is 1. The minimum Gasteiger partial charge on any atom is -0.404 e. The lowest BCUT2D eigenvalue weighted by molar-refractivity contribution is 0.173. The molecule has 3 rings (SSSR count). The van der Waals surface area contributed by atoms with Gasteiger partial charge in [0.1, 0.15) is 11.6 Å². The van der Waals surface area contributed by atoms with Crippen molar-refractivity contribution in [3.8, 4) is 0 Å². The van der Waals surface area contributed by atoms with Crippen LogP contribution in [-0.4, -0.2) is 36.9 Å². The van der Waals surface area contributed by atoms with Crippen LogP contribution in [0.5, 0.6) is 0 Å². The summed E-state index contributed by atoms with van der Waals surface area (Å²) in [5.41, 5.74) is 16.2. The van der Waals surface area contributed by atoms with Crippen LogP contribution in [-0.2, 0) is 4.74 Å². The Kier molecular flexibility index (Phi) is 6.23. The molecule has 0 saturated heterocycles. The molecule has 0 saturated carbocycles. The molecule has 0 bridgehead atoms. The molecular formula is C20H25N7O. The fraction of sp³-hybridized carbons (Fsp3) is 0.250. The second-order valence-electron chi connectivity index (χ2n) is 6.42. The predicted octanol–water partition coefficient (Wildman–Crippen LogP) is 2.16. The molecule has 146 valence electrons. The highest BCUT2D eigenvalue weighted by Gasteiger charge is 2.12. The summed E-state index contributed by atoms with van der Waals surface area (Å²) >= 11 is 0. The van der Waals surface area contributed by atoms with Gasteiger partial charge in [0.05, 0.1) is 17.6 Å². The number of allylic oxidation sites excluding steroid dienone is 2. The number of hydrazine groups is 1. The number of hydrogen-bond donors (Lipinski definition) is 4.